The Morgan fingerprint density at radius 2 is 2.14 bits per heavy atom. The van der Waals surface area contributed by atoms with Gasteiger partial charge in [-0.05, 0) is 44.5 Å². The summed E-state index contributed by atoms with van der Waals surface area (Å²) in [4.78, 5) is 13.9. The van der Waals surface area contributed by atoms with E-state index in [9.17, 15) is 4.79 Å². The van der Waals surface area contributed by atoms with Gasteiger partial charge in [0.05, 0.1) is 11.1 Å². The third kappa shape index (κ3) is 3.89. The van der Waals surface area contributed by atoms with Crippen molar-refractivity contribution >= 4 is 23.4 Å². The number of rotatable bonds is 6. The Morgan fingerprint density at radius 1 is 1.43 bits per heavy atom. The summed E-state index contributed by atoms with van der Waals surface area (Å²) >= 11 is 1.70. The molecule has 3 nitrogen and oxygen atoms in total. The van der Waals surface area contributed by atoms with Gasteiger partial charge in [0.25, 0.3) is 0 Å². The Labute approximate surface area is 131 Å². The summed E-state index contributed by atoms with van der Waals surface area (Å²) in [5.41, 5.74) is 0.697. The topological polar surface area (TPSA) is 41.1 Å². The quantitative estimate of drug-likeness (QED) is 0.622. The average molecular weight is 304 g/mol. The van der Waals surface area contributed by atoms with Crippen LogP contribution in [0.25, 0.3) is 0 Å². The minimum atomic E-state index is -0.221. The van der Waals surface area contributed by atoms with Crippen molar-refractivity contribution in [3.8, 4) is 0 Å². The molecule has 1 heterocycles. The van der Waals surface area contributed by atoms with E-state index in [4.69, 9.17) is 0 Å². The molecule has 0 aliphatic carbocycles. The molecule has 1 aliphatic rings. The molecule has 21 heavy (non-hydrogen) atoms. The first-order valence-corrected chi connectivity index (χ1v) is 8.55. The molecule has 114 valence electrons. The fraction of sp³-hybridized carbons (Fsp3) is 0.471. The van der Waals surface area contributed by atoms with Crippen molar-refractivity contribution in [1.29, 1.82) is 0 Å². The summed E-state index contributed by atoms with van der Waals surface area (Å²) in [5, 5.41) is 6.50. The van der Waals surface area contributed by atoms with Gasteiger partial charge in [-0.25, -0.2) is 0 Å². The number of benzene rings is 1. The minimum Gasteiger partial charge on any atom is -0.325 e. The van der Waals surface area contributed by atoms with E-state index in [1.807, 2.05) is 30.3 Å². The van der Waals surface area contributed by atoms with Crippen LogP contribution in [0.4, 0.5) is 5.69 Å². The maximum atomic E-state index is 12.8. The fourth-order valence-corrected chi connectivity index (χ4v) is 3.49. The zero-order chi connectivity index (χ0) is 15.1. The largest absolute Gasteiger partial charge is 0.325 e. The number of carbonyl (C=O) groups excluding carboxylic acids is 1. The van der Waals surface area contributed by atoms with Crippen LogP contribution in [0.15, 0.2) is 41.8 Å². The second kappa shape index (κ2) is 7.66. The van der Waals surface area contributed by atoms with Crippen molar-refractivity contribution < 1.29 is 4.79 Å². The van der Waals surface area contributed by atoms with E-state index in [1.54, 1.807) is 11.8 Å². The molecule has 0 radical (unpaired) electrons. The second-order valence-electron chi connectivity index (χ2n) is 5.43. The summed E-state index contributed by atoms with van der Waals surface area (Å²) in [5.74, 6) is 1.01. The normalized spacial score (nSPS) is 17.2. The van der Waals surface area contributed by atoms with Gasteiger partial charge >= 0.3 is 0 Å². The Morgan fingerprint density at radius 3 is 2.81 bits per heavy atom. The molecular weight excluding hydrogens is 280 g/mol. The lowest BCUT2D eigenvalue weighted by Crippen LogP contribution is -2.44. The summed E-state index contributed by atoms with van der Waals surface area (Å²) in [6.45, 7) is 7.71. The molecule has 1 aliphatic heterocycles. The maximum absolute atomic E-state index is 12.8. The van der Waals surface area contributed by atoms with Crippen LogP contribution in [0, 0.1) is 5.41 Å². The molecule has 0 bridgehead atoms. The lowest BCUT2D eigenvalue weighted by molar-refractivity contribution is -0.127. The number of thioether (sulfide) groups is 1. The molecule has 0 saturated carbocycles. The van der Waals surface area contributed by atoms with Gasteiger partial charge < -0.3 is 10.6 Å². The van der Waals surface area contributed by atoms with E-state index in [0.29, 0.717) is 0 Å². The third-order valence-electron chi connectivity index (χ3n) is 4.21. The van der Waals surface area contributed by atoms with Crippen LogP contribution < -0.4 is 10.6 Å². The predicted molar refractivity (Wildman–Crippen MR) is 90.8 cm³/mol. The van der Waals surface area contributed by atoms with Crippen LogP contribution >= 0.6 is 11.8 Å². The van der Waals surface area contributed by atoms with Gasteiger partial charge in [0, 0.05) is 10.6 Å². The SMILES string of the molecule is C=CCSc1ccccc1NC(=O)C1(CC)CCNCC1. The smallest absolute Gasteiger partial charge is 0.230 e. The molecule has 1 saturated heterocycles. The maximum Gasteiger partial charge on any atom is 0.230 e. The number of amides is 1. The van der Waals surface area contributed by atoms with E-state index < -0.39 is 0 Å². The Bertz CT molecular complexity index is 495. The van der Waals surface area contributed by atoms with E-state index in [-0.39, 0.29) is 11.3 Å². The van der Waals surface area contributed by atoms with E-state index in [2.05, 4.69) is 24.1 Å². The van der Waals surface area contributed by atoms with Gasteiger partial charge in [-0.15, -0.1) is 18.3 Å². The van der Waals surface area contributed by atoms with Gasteiger partial charge in [-0.3, -0.25) is 4.79 Å². The summed E-state index contributed by atoms with van der Waals surface area (Å²) in [6.07, 6.45) is 4.60. The molecule has 1 amide bonds. The van der Waals surface area contributed by atoms with Gasteiger partial charge in [0.2, 0.25) is 5.91 Å². The summed E-state index contributed by atoms with van der Waals surface area (Å²) < 4.78 is 0. The fourth-order valence-electron chi connectivity index (χ4n) is 2.75. The highest BCUT2D eigenvalue weighted by atomic mass is 32.2. The van der Waals surface area contributed by atoms with Gasteiger partial charge in [-0.2, -0.15) is 0 Å². The first-order valence-electron chi connectivity index (χ1n) is 7.57. The van der Waals surface area contributed by atoms with E-state index in [1.165, 1.54) is 0 Å². The average Bonchev–Trinajstić information content (AvgIpc) is 2.54. The minimum absolute atomic E-state index is 0.165. The van der Waals surface area contributed by atoms with Crippen LogP contribution in [0.2, 0.25) is 0 Å². The monoisotopic (exact) mass is 304 g/mol. The van der Waals surface area contributed by atoms with Crippen molar-refractivity contribution in [2.45, 2.75) is 31.1 Å². The standard InChI is InChI=1S/C17H24N2OS/c1-3-13-21-15-8-6-5-7-14(15)19-16(20)17(4-2)9-11-18-12-10-17/h3,5-8,18H,1,4,9-13H2,2H3,(H,19,20). The first kappa shape index (κ1) is 16.1. The van der Waals surface area contributed by atoms with Gasteiger partial charge in [-0.1, -0.05) is 25.1 Å². The van der Waals surface area contributed by atoms with Crippen LogP contribution in [-0.4, -0.2) is 24.7 Å². The number of anilines is 1. The number of nitrogens with one attached hydrogen (secondary N) is 2. The lowest BCUT2D eigenvalue weighted by Gasteiger charge is -2.35. The van der Waals surface area contributed by atoms with E-state index >= 15 is 0 Å². The Kier molecular flexibility index (Phi) is 5.88. The van der Waals surface area contributed by atoms with Crippen LogP contribution in [0.3, 0.4) is 0 Å². The molecule has 4 heteroatoms. The van der Waals surface area contributed by atoms with Crippen LogP contribution in [0.5, 0.6) is 0 Å². The highest BCUT2D eigenvalue weighted by molar-refractivity contribution is 7.99. The van der Waals surface area contributed by atoms with Crippen molar-refractivity contribution in [3.63, 3.8) is 0 Å². The van der Waals surface area contributed by atoms with Crippen LogP contribution in [0.1, 0.15) is 26.2 Å². The van der Waals surface area contributed by atoms with Crippen molar-refractivity contribution in [2.75, 3.05) is 24.2 Å². The highest BCUT2D eigenvalue weighted by Crippen LogP contribution is 2.35. The molecule has 0 aromatic heterocycles. The number of hydrogen-bond acceptors (Lipinski definition) is 3. The molecule has 0 unspecified atom stereocenters. The Balaban J connectivity index is 2.13. The van der Waals surface area contributed by atoms with E-state index in [0.717, 1.165) is 48.7 Å². The zero-order valence-corrected chi connectivity index (χ0v) is 13.5. The second-order valence-corrected chi connectivity index (χ2v) is 6.50. The molecule has 2 rings (SSSR count). The van der Waals surface area contributed by atoms with Crippen molar-refractivity contribution in [1.82, 2.24) is 5.32 Å². The Hall–Kier alpha value is -1.26. The van der Waals surface area contributed by atoms with Crippen LogP contribution in [-0.2, 0) is 4.79 Å². The first-order chi connectivity index (χ1) is 10.2. The predicted octanol–water partition coefficient (Wildman–Crippen LogP) is 3.68. The number of hydrogen-bond donors (Lipinski definition) is 2. The molecule has 2 N–H and O–H groups in total. The number of carbonyl (C=O) groups is 1. The highest BCUT2D eigenvalue weighted by Gasteiger charge is 2.37. The number of piperidine rings is 1. The molecule has 1 aromatic carbocycles. The lowest BCUT2D eigenvalue weighted by atomic mass is 9.76. The molecule has 0 spiro atoms. The molecular formula is C17H24N2OS. The third-order valence-corrected chi connectivity index (χ3v) is 5.28. The van der Waals surface area contributed by atoms with Crippen molar-refractivity contribution in [3.05, 3.63) is 36.9 Å². The summed E-state index contributed by atoms with van der Waals surface area (Å²) in [7, 11) is 0. The molecule has 1 fully saturated rings. The molecule has 0 atom stereocenters. The zero-order valence-electron chi connectivity index (χ0n) is 12.7. The molecule has 1 aromatic rings. The van der Waals surface area contributed by atoms with Crippen molar-refractivity contribution in [2.24, 2.45) is 5.41 Å². The number of para-hydroxylation sites is 1. The van der Waals surface area contributed by atoms with Gasteiger partial charge in [0.15, 0.2) is 0 Å². The van der Waals surface area contributed by atoms with Gasteiger partial charge in [0.1, 0.15) is 0 Å². The summed E-state index contributed by atoms with van der Waals surface area (Å²) in [6, 6.07) is 7.99.